The van der Waals surface area contributed by atoms with Gasteiger partial charge in [-0.1, -0.05) is 0 Å². The highest BCUT2D eigenvalue weighted by Gasteiger charge is 1.80. The third kappa shape index (κ3) is 23.5. The van der Waals surface area contributed by atoms with Crippen LogP contribution in [0.4, 0.5) is 0 Å². The average Bonchev–Trinajstić information content (AvgIpc) is 2.31. The van der Waals surface area contributed by atoms with Gasteiger partial charge in [-0.25, -0.2) is 0 Å². The maximum absolute atomic E-state index is 8.28. The molecule has 0 aliphatic heterocycles. The minimum atomic E-state index is 0.226. The summed E-state index contributed by atoms with van der Waals surface area (Å²) in [5.74, 6) is 0. The molecule has 100 valence electrons. The zero-order valence-corrected chi connectivity index (χ0v) is 10.6. The molecule has 0 bridgehead atoms. The van der Waals surface area contributed by atoms with Crippen LogP contribution in [0.25, 0.3) is 0 Å². The molecule has 0 aromatic carbocycles. The Bertz CT molecular complexity index is 82.8. The molecule has 0 aromatic heterocycles. The highest BCUT2D eigenvalue weighted by molar-refractivity contribution is 4.46. The highest BCUT2D eigenvalue weighted by Crippen LogP contribution is 1.55. The summed E-state index contributed by atoms with van der Waals surface area (Å²) in [5.41, 5.74) is 0. The molecule has 0 fully saturated rings. The number of likely N-dealkylation sites (N-methyl/N-ethyl adjacent to an activating group) is 2. The van der Waals surface area contributed by atoms with Crippen LogP contribution in [0.1, 0.15) is 0 Å². The summed E-state index contributed by atoms with van der Waals surface area (Å²) in [5, 5.41) is 28.6. The Kier molecular flexibility index (Phi) is 22.9. The molecule has 0 heterocycles. The minimum absolute atomic E-state index is 0.226. The molecule has 0 atom stereocenters. The summed E-state index contributed by atoms with van der Waals surface area (Å²) in [7, 11) is 3.81. The predicted molar refractivity (Wildman–Crippen MR) is 67.8 cm³/mol. The van der Waals surface area contributed by atoms with Crippen LogP contribution in [0.15, 0.2) is 0 Å². The van der Waals surface area contributed by atoms with E-state index < -0.39 is 0 Å². The van der Waals surface area contributed by atoms with Gasteiger partial charge in [-0.05, 0) is 14.1 Å². The van der Waals surface area contributed by atoms with E-state index in [0.717, 1.165) is 26.2 Å². The van der Waals surface area contributed by atoms with E-state index in [2.05, 4.69) is 21.3 Å². The molecular formula is C10H28N4O2. The number of hydrogen-bond acceptors (Lipinski definition) is 6. The molecule has 0 rings (SSSR count). The summed E-state index contributed by atoms with van der Waals surface area (Å²) < 4.78 is 0. The Labute approximate surface area is 98.8 Å². The van der Waals surface area contributed by atoms with Crippen molar-refractivity contribution in [2.24, 2.45) is 0 Å². The standard InChI is InChI=1S/2C5H14N2O/c2*1-6-2-3-7-4-5-8/h2*6-8H,2-5H2,1H3. The smallest absolute Gasteiger partial charge is 0.0555 e. The van der Waals surface area contributed by atoms with Crippen LogP contribution in [0, 0.1) is 0 Å². The summed E-state index contributed by atoms with van der Waals surface area (Å²) >= 11 is 0. The topological polar surface area (TPSA) is 88.6 Å². The quantitative estimate of drug-likeness (QED) is 0.237. The van der Waals surface area contributed by atoms with E-state index in [4.69, 9.17) is 10.2 Å². The summed E-state index contributed by atoms with van der Waals surface area (Å²) in [6.45, 7) is 5.62. The van der Waals surface area contributed by atoms with Gasteiger partial charge in [-0.2, -0.15) is 0 Å². The minimum Gasteiger partial charge on any atom is -0.395 e. The first kappa shape index (κ1) is 18.1. The lowest BCUT2D eigenvalue weighted by Crippen LogP contribution is -2.26. The molecule has 0 spiro atoms. The van der Waals surface area contributed by atoms with E-state index in [1.54, 1.807) is 0 Å². The summed E-state index contributed by atoms with van der Waals surface area (Å²) in [4.78, 5) is 0. The normalized spacial score (nSPS) is 9.75. The van der Waals surface area contributed by atoms with Crippen molar-refractivity contribution in [2.75, 3.05) is 66.6 Å². The van der Waals surface area contributed by atoms with Crippen LogP contribution in [-0.4, -0.2) is 76.8 Å². The molecule has 0 unspecified atom stereocenters. The van der Waals surface area contributed by atoms with E-state index in [1.165, 1.54) is 0 Å². The van der Waals surface area contributed by atoms with Crippen molar-refractivity contribution in [2.45, 2.75) is 0 Å². The van der Waals surface area contributed by atoms with E-state index in [0.29, 0.717) is 13.1 Å². The van der Waals surface area contributed by atoms with Gasteiger partial charge in [0.1, 0.15) is 0 Å². The first-order chi connectivity index (χ1) is 7.83. The first-order valence-corrected chi connectivity index (χ1v) is 5.75. The third-order valence-corrected chi connectivity index (χ3v) is 1.68. The number of hydrogen-bond donors (Lipinski definition) is 6. The van der Waals surface area contributed by atoms with Crippen molar-refractivity contribution in [1.29, 1.82) is 0 Å². The number of aliphatic hydroxyl groups is 2. The molecule has 0 saturated heterocycles. The van der Waals surface area contributed by atoms with Crippen molar-refractivity contribution in [3.05, 3.63) is 0 Å². The largest absolute Gasteiger partial charge is 0.395 e. The lowest BCUT2D eigenvalue weighted by atomic mass is 10.6. The van der Waals surface area contributed by atoms with Crippen molar-refractivity contribution in [3.8, 4) is 0 Å². The second-order valence-electron chi connectivity index (χ2n) is 3.15. The Morgan fingerprint density at radius 3 is 1.25 bits per heavy atom. The van der Waals surface area contributed by atoms with Crippen LogP contribution in [0.3, 0.4) is 0 Å². The molecular weight excluding hydrogens is 208 g/mol. The lowest BCUT2D eigenvalue weighted by Gasteiger charge is -1.99. The van der Waals surface area contributed by atoms with Crippen molar-refractivity contribution in [1.82, 2.24) is 21.3 Å². The first-order valence-electron chi connectivity index (χ1n) is 5.75. The highest BCUT2D eigenvalue weighted by atomic mass is 16.3. The Morgan fingerprint density at radius 2 is 1.00 bits per heavy atom. The Balaban J connectivity index is 0. The maximum atomic E-state index is 8.28. The van der Waals surface area contributed by atoms with Gasteiger partial charge in [0, 0.05) is 39.3 Å². The van der Waals surface area contributed by atoms with Gasteiger partial charge >= 0.3 is 0 Å². The molecule has 0 amide bonds. The van der Waals surface area contributed by atoms with Gasteiger partial charge in [0.2, 0.25) is 0 Å². The molecule has 0 aliphatic rings. The molecule has 6 heteroatoms. The lowest BCUT2D eigenvalue weighted by molar-refractivity contribution is 0.292. The fourth-order valence-corrected chi connectivity index (χ4v) is 0.835. The van der Waals surface area contributed by atoms with Crippen LogP contribution in [0.5, 0.6) is 0 Å². The zero-order chi connectivity index (χ0) is 12.5. The van der Waals surface area contributed by atoms with E-state index in [9.17, 15) is 0 Å². The van der Waals surface area contributed by atoms with Crippen LogP contribution >= 0.6 is 0 Å². The van der Waals surface area contributed by atoms with Crippen molar-refractivity contribution < 1.29 is 10.2 Å². The summed E-state index contributed by atoms with van der Waals surface area (Å²) in [6, 6.07) is 0. The van der Waals surface area contributed by atoms with Crippen LogP contribution in [-0.2, 0) is 0 Å². The van der Waals surface area contributed by atoms with Gasteiger partial charge < -0.3 is 31.5 Å². The molecule has 6 nitrogen and oxygen atoms in total. The zero-order valence-electron chi connectivity index (χ0n) is 10.6. The van der Waals surface area contributed by atoms with Gasteiger partial charge in [0.05, 0.1) is 13.2 Å². The fourth-order valence-electron chi connectivity index (χ4n) is 0.835. The monoisotopic (exact) mass is 236 g/mol. The molecule has 0 saturated carbocycles. The van der Waals surface area contributed by atoms with Crippen molar-refractivity contribution >= 4 is 0 Å². The van der Waals surface area contributed by atoms with Crippen molar-refractivity contribution in [3.63, 3.8) is 0 Å². The SMILES string of the molecule is CNCCNCCO.CNCCNCCO. The fraction of sp³-hybridized carbons (Fsp3) is 1.00. The van der Waals surface area contributed by atoms with Crippen LogP contribution in [0.2, 0.25) is 0 Å². The molecule has 0 aromatic rings. The van der Waals surface area contributed by atoms with Gasteiger partial charge in [0.15, 0.2) is 0 Å². The maximum Gasteiger partial charge on any atom is 0.0555 e. The second kappa shape index (κ2) is 20.2. The van der Waals surface area contributed by atoms with E-state index >= 15 is 0 Å². The molecule has 0 aliphatic carbocycles. The molecule has 6 N–H and O–H groups in total. The molecule has 16 heavy (non-hydrogen) atoms. The van der Waals surface area contributed by atoms with Gasteiger partial charge in [-0.3, -0.25) is 0 Å². The number of nitrogens with one attached hydrogen (secondary N) is 4. The average molecular weight is 236 g/mol. The predicted octanol–water partition coefficient (Wildman–Crippen LogP) is -2.42. The van der Waals surface area contributed by atoms with Gasteiger partial charge in [0.25, 0.3) is 0 Å². The third-order valence-electron chi connectivity index (χ3n) is 1.68. The molecule has 0 radical (unpaired) electrons. The Hall–Kier alpha value is -0.240. The van der Waals surface area contributed by atoms with E-state index in [1.807, 2.05) is 14.1 Å². The second-order valence-corrected chi connectivity index (χ2v) is 3.15. The number of aliphatic hydroxyl groups excluding tert-OH is 2. The Morgan fingerprint density at radius 1 is 0.625 bits per heavy atom. The van der Waals surface area contributed by atoms with Crippen LogP contribution < -0.4 is 21.3 Å². The summed E-state index contributed by atoms with van der Waals surface area (Å²) in [6.07, 6.45) is 0. The van der Waals surface area contributed by atoms with E-state index in [-0.39, 0.29) is 13.2 Å². The van der Waals surface area contributed by atoms with Gasteiger partial charge in [-0.15, -0.1) is 0 Å². The number of rotatable bonds is 10.